The summed E-state index contributed by atoms with van der Waals surface area (Å²) in [5.41, 5.74) is 0.511. The lowest BCUT2D eigenvalue weighted by Crippen LogP contribution is -2.39. The number of hydrogen-bond acceptors (Lipinski definition) is 7. The Bertz CT molecular complexity index is 1060. The second-order valence-electron chi connectivity index (χ2n) is 7.05. The van der Waals surface area contributed by atoms with Crippen molar-refractivity contribution in [3.63, 3.8) is 0 Å². The predicted octanol–water partition coefficient (Wildman–Crippen LogP) is 3.06. The van der Waals surface area contributed by atoms with Crippen molar-refractivity contribution in [1.29, 1.82) is 0 Å². The van der Waals surface area contributed by atoms with Gasteiger partial charge in [0.1, 0.15) is 5.82 Å². The molecule has 1 saturated heterocycles. The summed E-state index contributed by atoms with van der Waals surface area (Å²) in [5, 5.41) is 15.0. The minimum absolute atomic E-state index is 0.0737. The molecule has 10 heteroatoms. The molecule has 0 saturated carbocycles. The maximum atomic E-state index is 14.0. The fraction of sp³-hybridized carbons (Fsp3) is 0.421. The van der Waals surface area contributed by atoms with E-state index in [0.717, 1.165) is 12.1 Å². The average molecular weight is 422 g/mol. The molecule has 0 spiro atoms. The van der Waals surface area contributed by atoms with Gasteiger partial charge in [0.2, 0.25) is 10.8 Å². The molecule has 1 fully saturated rings. The number of halogens is 2. The number of aryl methyl sites for hydroxylation is 1. The summed E-state index contributed by atoms with van der Waals surface area (Å²) in [6.07, 6.45) is 1.15. The van der Waals surface area contributed by atoms with E-state index in [-0.39, 0.29) is 17.8 Å². The summed E-state index contributed by atoms with van der Waals surface area (Å²) in [6, 6.07) is 3.22. The summed E-state index contributed by atoms with van der Waals surface area (Å²) in [6.45, 7) is 2.80. The molecule has 3 aromatic rings. The molecule has 29 heavy (non-hydrogen) atoms. The first kappa shape index (κ1) is 19.7. The largest absolute Gasteiger partial charge is 0.492 e. The van der Waals surface area contributed by atoms with Crippen LogP contribution in [-0.4, -0.2) is 50.8 Å². The first-order valence-electron chi connectivity index (χ1n) is 9.21. The van der Waals surface area contributed by atoms with Crippen LogP contribution in [0.5, 0.6) is 5.88 Å². The molecule has 0 bridgehead atoms. The van der Waals surface area contributed by atoms with Crippen LogP contribution in [0.2, 0.25) is 0 Å². The van der Waals surface area contributed by atoms with Gasteiger partial charge in [-0.3, -0.25) is 9.69 Å². The van der Waals surface area contributed by atoms with Gasteiger partial charge in [0.05, 0.1) is 23.9 Å². The highest BCUT2D eigenvalue weighted by molar-refractivity contribution is 7.17. The third kappa shape index (κ3) is 3.58. The minimum atomic E-state index is -0.952. The molecule has 1 aliphatic heterocycles. The first-order chi connectivity index (χ1) is 13.9. The van der Waals surface area contributed by atoms with E-state index in [1.54, 1.807) is 6.92 Å². The highest BCUT2D eigenvalue weighted by Gasteiger charge is 2.34. The van der Waals surface area contributed by atoms with Crippen molar-refractivity contribution in [1.82, 2.24) is 19.5 Å². The van der Waals surface area contributed by atoms with Crippen LogP contribution in [0.15, 0.2) is 18.2 Å². The van der Waals surface area contributed by atoms with Crippen LogP contribution in [0.3, 0.4) is 0 Å². The van der Waals surface area contributed by atoms with Gasteiger partial charge in [-0.2, -0.15) is 4.52 Å². The van der Waals surface area contributed by atoms with E-state index in [1.165, 1.54) is 29.0 Å². The smallest absolute Gasteiger partial charge is 0.308 e. The Hall–Kier alpha value is -2.59. The number of fused-ring (bicyclic) bond motifs is 1. The van der Waals surface area contributed by atoms with E-state index in [1.807, 2.05) is 4.90 Å². The van der Waals surface area contributed by atoms with E-state index in [0.29, 0.717) is 47.2 Å². The van der Waals surface area contributed by atoms with Crippen LogP contribution in [0.25, 0.3) is 4.96 Å². The molecule has 0 amide bonds. The zero-order chi connectivity index (χ0) is 20.7. The summed E-state index contributed by atoms with van der Waals surface area (Å²) in [5.74, 6) is -1.87. The van der Waals surface area contributed by atoms with Crippen molar-refractivity contribution < 1.29 is 23.4 Å². The van der Waals surface area contributed by atoms with Crippen molar-refractivity contribution in [2.45, 2.75) is 25.8 Å². The second kappa shape index (κ2) is 7.68. The van der Waals surface area contributed by atoms with Gasteiger partial charge in [-0.1, -0.05) is 17.4 Å². The van der Waals surface area contributed by atoms with Gasteiger partial charge < -0.3 is 9.84 Å². The van der Waals surface area contributed by atoms with Gasteiger partial charge >= 0.3 is 5.97 Å². The molecule has 1 unspecified atom stereocenters. The molecule has 1 aliphatic rings. The molecule has 2 aromatic heterocycles. The van der Waals surface area contributed by atoms with Crippen LogP contribution < -0.4 is 0 Å². The number of likely N-dealkylation sites (tertiary alicyclic amines) is 1. The van der Waals surface area contributed by atoms with Crippen molar-refractivity contribution in [3.8, 4) is 5.88 Å². The molecule has 4 rings (SSSR count). The number of rotatable bonds is 4. The van der Waals surface area contributed by atoms with Crippen LogP contribution in [-0.2, 0) is 9.53 Å². The minimum Gasteiger partial charge on any atom is -0.492 e. The normalized spacial score (nSPS) is 17.0. The molecule has 7 nitrogen and oxygen atoms in total. The standard InChI is InChI=1S/C19H20F2N4O3S/c1-10-22-19-25(23-10)17(26)16(29-19)15(12-3-4-13(20)14(21)9-12)24-7-5-11(6-8-24)18(27)28-2/h3-4,9,11,15,26H,5-8H2,1-2H3. The van der Waals surface area contributed by atoms with Crippen molar-refractivity contribution >= 4 is 22.3 Å². The molecule has 1 aromatic carbocycles. The monoisotopic (exact) mass is 422 g/mol. The summed E-state index contributed by atoms with van der Waals surface area (Å²) in [4.78, 5) is 19.2. The van der Waals surface area contributed by atoms with Crippen molar-refractivity contribution in [2.24, 2.45) is 5.92 Å². The van der Waals surface area contributed by atoms with E-state index in [2.05, 4.69) is 10.1 Å². The van der Waals surface area contributed by atoms with Gasteiger partial charge in [0.15, 0.2) is 11.6 Å². The average Bonchev–Trinajstić information content (AvgIpc) is 3.22. The van der Waals surface area contributed by atoms with E-state index < -0.39 is 17.7 Å². The highest BCUT2D eigenvalue weighted by Crippen LogP contribution is 2.41. The number of ether oxygens (including phenoxy) is 1. The number of hydrogen-bond donors (Lipinski definition) is 1. The Labute approximate surface area is 169 Å². The molecule has 1 N–H and O–H groups in total. The number of methoxy groups -OCH3 is 1. The summed E-state index contributed by atoms with van der Waals surface area (Å²) >= 11 is 1.25. The van der Waals surface area contributed by atoms with Crippen LogP contribution in [0, 0.1) is 24.5 Å². The van der Waals surface area contributed by atoms with Gasteiger partial charge in [0.25, 0.3) is 0 Å². The number of carbonyl (C=O) groups is 1. The van der Waals surface area contributed by atoms with E-state index >= 15 is 0 Å². The number of esters is 1. The number of aromatic nitrogens is 3. The fourth-order valence-corrected chi connectivity index (χ4v) is 4.96. The lowest BCUT2D eigenvalue weighted by molar-refractivity contribution is -0.147. The predicted molar refractivity (Wildman–Crippen MR) is 102 cm³/mol. The zero-order valence-corrected chi connectivity index (χ0v) is 16.7. The Morgan fingerprint density at radius 1 is 1.31 bits per heavy atom. The zero-order valence-electron chi connectivity index (χ0n) is 15.9. The molecule has 154 valence electrons. The maximum absolute atomic E-state index is 14.0. The molecule has 0 aliphatic carbocycles. The molecule has 3 heterocycles. The quantitative estimate of drug-likeness (QED) is 0.651. The lowest BCUT2D eigenvalue weighted by Gasteiger charge is -2.36. The Morgan fingerprint density at radius 3 is 2.66 bits per heavy atom. The number of nitrogens with zero attached hydrogens (tertiary/aromatic N) is 4. The van der Waals surface area contributed by atoms with E-state index in [4.69, 9.17) is 4.74 Å². The second-order valence-corrected chi connectivity index (χ2v) is 8.06. The molecular weight excluding hydrogens is 402 g/mol. The summed E-state index contributed by atoms with van der Waals surface area (Å²) in [7, 11) is 1.37. The first-order valence-corrected chi connectivity index (χ1v) is 10.0. The van der Waals surface area contributed by atoms with Crippen LogP contribution >= 0.6 is 11.3 Å². The molecule has 1 atom stereocenters. The van der Waals surface area contributed by atoms with E-state index in [9.17, 15) is 18.7 Å². The van der Waals surface area contributed by atoms with Gasteiger partial charge in [-0.15, -0.1) is 5.10 Å². The van der Waals surface area contributed by atoms with Crippen LogP contribution in [0.1, 0.15) is 35.1 Å². The van der Waals surface area contributed by atoms with Gasteiger partial charge in [0, 0.05) is 0 Å². The fourth-order valence-electron chi connectivity index (χ4n) is 3.80. The highest BCUT2D eigenvalue weighted by atomic mass is 32.1. The number of carbonyl (C=O) groups excluding carboxylic acids is 1. The third-order valence-electron chi connectivity index (χ3n) is 5.24. The van der Waals surface area contributed by atoms with Crippen molar-refractivity contribution in [3.05, 3.63) is 46.1 Å². The Kier molecular flexibility index (Phi) is 5.22. The lowest BCUT2D eigenvalue weighted by atomic mass is 9.93. The van der Waals surface area contributed by atoms with Crippen molar-refractivity contribution in [2.75, 3.05) is 20.2 Å². The summed E-state index contributed by atoms with van der Waals surface area (Å²) < 4.78 is 33.7. The van der Waals surface area contributed by atoms with Gasteiger partial charge in [-0.25, -0.2) is 13.8 Å². The molecular formula is C19H20F2N4O3S. The number of benzene rings is 1. The third-order valence-corrected chi connectivity index (χ3v) is 6.32. The Balaban J connectivity index is 1.73. The van der Waals surface area contributed by atoms with Crippen LogP contribution in [0.4, 0.5) is 8.78 Å². The topological polar surface area (TPSA) is 80.0 Å². The van der Waals surface area contributed by atoms with Gasteiger partial charge in [-0.05, 0) is 50.6 Å². The number of aromatic hydroxyl groups is 1. The Morgan fingerprint density at radius 2 is 2.03 bits per heavy atom. The number of thiazole rings is 1. The SMILES string of the molecule is COC(=O)C1CCN(C(c2ccc(F)c(F)c2)c2sc3nc(C)nn3c2O)CC1. The maximum Gasteiger partial charge on any atom is 0.308 e. The number of piperidine rings is 1. The molecule has 0 radical (unpaired) electrons.